The third kappa shape index (κ3) is 2.62. The van der Waals surface area contributed by atoms with E-state index < -0.39 is 0 Å². The molecule has 22 heavy (non-hydrogen) atoms. The van der Waals surface area contributed by atoms with Gasteiger partial charge in [-0.2, -0.15) is 5.06 Å². The molecule has 2 aromatic rings. The fraction of sp³-hybridized carbons (Fsp3) is 0.438. The van der Waals surface area contributed by atoms with Crippen LogP contribution in [-0.4, -0.2) is 27.8 Å². The quantitative estimate of drug-likeness (QED) is 0.939. The molecule has 1 aromatic heterocycles. The number of nitrogens with zero attached hydrogens (tertiary/aromatic N) is 2. The SMILES string of the molecule is Oc1nc(-c2cccc(F)c2)sc1CN1CC2CCCC2O1. The topological polar surface area (TPSA) is 45.6 Å². The van der Waals surface area contributed by atoms with Crippen molar-refractivity contribution in [2.45, 2.75) is 31.9 Å². The van der Waals surface area contributed by atoms with Gasteiger partial charge in [-0.1, -0.05) is 18.6 Å². The van der Waals surface area contributed by atoms with Crippen LogP contribution in [0.25, 0.3) is 10.6 Å². The standard InChI is InChI=1S/C16H17FN2O2S/c17-12-5-1-3-10(7-12)16-18-15(20)14(22-16)9-19-8-11-4-2-6-13(11)21-19/h1,3,5,7,11,13,20H,2,4,6,8-9H2. The predicted molar refractivity (Wildman–Crippen MR) is 81.8 cm³/mol. The minimum absolute atomic E-state index is 0.0184. The molecule has 4 nitrogen and oxygen atoms in total. The maximum Gasteiger partial charge on any atom is 0.227 e. The second-order valence-corrected chi connectivity index (χ2v) is 7.02. The van der Waals surface area contributed by atoms with Crippen molar-refractivity contribution in [2.75, 3.05) is 6.54 Å². The third-order valence-electron chi connectivity index (χ3n) is 4.38. The van der Waals surface area contributed by atoms with Gasteiger partial charge in [-0.05, 0) is 25.0 Å². The Morgan fingerprint density at radius 2 is 2.32 bits per heavy atom. The minimum atomic E-state index is -0.301. The Labute approximate surface area is 132 Å². The molecule has 0 amide bonds. The molecule has 0 bridgehead atoms. The van der Waals surface area contributed by atoms with E-state index in [2.05, 4.69) is 4.98 Å². The van der Waals surface area contributed by atoms with Crippen LogP contribution in [0.15, 0.2) is 24.3 Å². The summed E-state index contributed by atoms with van der Waals surface area (Å²) in [5.41, 5.74) is 0.686. The molecule has 6 heteroatoms. The molecule has 1 saturated heterocycles. The van der Waals surface area contributed by atoms with Crippen LogP contribution >= 0.6 is 11.3 Å². The van der Waals surface area contributed by atoms with Gasteiger partial charge in [0, 0.05) is 18.0 Å². The Hall–Kier alpha value is -1.50. The van der Waals surface area contributed by atoms with E-state index in [1.165, 1.54) is 36.3 Å². The van der Waals surface area contributed by atoms with Crippen molar-refractivity contribution in [1.29, 1.82) is 0 Å². The summed E-state index contributed by atoms with van der Waals surface area (Å²) in [6, 6.07) is 6.27. The maximum absolute atomic E-state index is 13.3. The smallest absolute Gasteiger partial charge is 0.227 e. The highest BCUT2D eigenvalue weighted by molar-refractivity contribution is 7.15. The first-order chi connectivity index (χ1) is 10.7. The molecule has 0 radical (unpaired) electrons. The lowest BCUT2D eigenvalue weighted by molar-refractivity contribution is -0.152. The summed E-state index contributed by atoms with van der Waals surface area (Å²) in [5, 5.41) is 12.6. The van der Waals surface area contributed by atoms with Gasteiger partial charge in [0.15, 0.2) is 0 Å². The van der Waals surface area contributed by atoms with Gasteiger partial charge in [-0.25, -0.2) is 9.37 Å². The van der Waals surface area contributed by atoms with Gasteiger partial charge in [0.25, 0.3) is 0 Å². The van der Waals surface area contributed by atoms with Gasteiger partial charge >= 0.3 is 0 Å². The van der Waals surface area contributed by atoms with E-state index in [-0.39, 0.29) is 11.7 Å². The average Bonchev–Trinajstić information content (AvgIpc) is 3.15. The number of hydrogen-bond donors (Lipinski definition) is 1. The van der Waals surface area contributed by atoms with Gasteiger partial charge < -0.3 is 5.11 Å². The molecule has 116 valence electrons. The van der Waals surface area contributed by atoms with Gasteiger partial charge in [-0.15, -0.1) is 11.3 Å². The summed E-state index contributed by atoms with van der Waals surface area (Å²) in [6.45, 7) is 1.45. The fourth-order valence-corrected chi connectivity index (χ4v) is 4.26. The first-order valence-corrected chi connectivity index (χ1v) is 8.37. The number of hydroxylamine groups is 2. The lowest BCUT2D eigenvalue weighted by Gasteiger charge is -2.14. The average molecular weight is 320 g/mol. The second-order valence-electron chi connectivity index (χ2n) is 5.93. The minimum Gasteiger partial charge on any atom is -0.492 e. The normalized spacial score (nSPS) is 24.8. The molecular formula is C16H17FN2O2S. The fourth-order valence-electron chi connectivity index (χ4n) is 3.30. The Bertz CT molecular complexity index is 679. The van der Waals surface area contributed by atoms with Gasteiger partial charge in [-0.3, -0.25) is 4.84 Å². The molecule has 2 aliphatic rings. The molecule has 1 aromatic carbocycles. The molecule has 2 heterocycles. The van der Waals surface area contributed by atoms with E-state index in [0.717, 1.165) is 17.8 Å². The van der Waals surface area contributed by atoms with Crippen molar-refractivity contribution in [3.63, 3.8) is 0 Å². The monoisotopic (exact) mass is 320 g/mol. The Balaban J connectivity index is 1.51. The van der Waals surface area contributed by atoms with E-state index in [0.29, 0.717) is 29.1 Å². The van der Waals surface area contributed by atoms with Crippen LogP contribution < -0.4 is 0 Å². The van der Waals surface area contributed by atoms with E-state index in [1.54, 1.807) is 12.1 Å². The van der Waals surface area contributed by atoms with Crippen molar-refractivity contribution < 1.29 is 14.3 Å². The van der Waals surface area contributed by atoms with Crippen LogP contribution in [0.2, 0.25) is 0 Å². The largest absolute Gasteiger partial charge is 0.492 e. The summed E-state index contributed by atoms with van der Waals surface area (Å²) < 4.78 is 13.3. The number of fused-ring (bicyclic) bond motifs is 1. The van der Waals surface area contributed by atoms with E-state index >= 15 is 0 Å². The summed E-state index contributed by atoms with van der Waals surface area (Å²) in [6.07, 6.45) is 3.95. The number of thiazole rings is 1. The van der Waals surface area contributed by atoms with Crippen LogP contribution in [0, 0.1) is 11.7 Å². The Kier molecular flexibility index (Phi) is 3.60. The Morgan fingerprint density at radius 3 is 3.14 bits per heavy atom. The van der Waals surface area contributed by atoms with Crippen LogP contribution in [0.5, 0.6) is 5.88 Å². The summed E-state index contributed by atoms with van der Waals surface area (Å²) in [4.78, 5) is 10.8. The van der Waals surface area contributed by atoms with E-state index in [9.17, 15) is 9.50 Å². The van der Waals surface area contributed by atoms with Crippen LogP contribution in [0.1, 0.15) is 24.1 Å². The highest BCUT2D eigenvalue weighted by atomic mass is 32.1. The molecule has 0 spiro atoms. The maximum atomic E-state index is 13.3. The number of aromatic hydroxyl groups is 1. The highest BCUT2D eigenvalue weighted by Gasteiger charge is 2.38. The first-order valence-electron chi connectivity index (χ1n) is 7.55. The zero-order chi connectivity index (χ0) is 15.1. The van der Waals surface area contributed by atoms with Gasteiger partial charge in [0.2, 0.25) is 5.88 Å². The van der Waals surface area contributed by atoms with Crippen LogP contribution in [0.4, 0.5) is 4.39 Å². The molecular weight excluding hydrogens is 303 g/mol. The zero-order valence-electron chi connectivity index (χ0n) is 12.0. The van der Waals surface area contributed by atoms with Crippen molar-refractivity contribution >= 4 is 11.3 Å². The zero-order valence-corrected chi connectivity index (χ0v) is 12.9. The van der Waals surface area contributed by atoms with Crippen molar-refractivity contribution in [3.8, 4) is 16.5 Å². The van der Waals surface area contributed by atoms with Crippen molar-refractivity contribution in [1.82, 2.24) is 10.0 Å². The molecule has 2 fully saturated rings. The molecule has 2 unspecified atom stereocenters. The summed E-state index contributed by atoms with van der Waals surface area (Å²) in [7, 11) is 0. The summed E-state index contributed by atoms with van der Waals surface area (Å²) >= 11 is 1.39. The van der Waals surface area contributed by atoms with Gasteiger partial charge in [0.1, 0.15) is 10.8 Å². The number of rotatable bonds is 3. The summed E-state index contributed by atoms with van der Waals surface area (Å²) in [5.74, 6) is 0.340. The molecule has 4 rings (SSSR count). The molecule has 1 saturated carbocycles. The molecule has 1 N–H and O–H groups in total. The lowest BCUT2D eigenvalue weighted by Crippen LogP contribution is -2.19. The molecule has 1 aliphatic carbocycles. The number of hydrogen-bond acceptors (Lipinski definition) is 5. The van der Waals surface area contributed by atoms with Crippen molar-refractivity contribution in [3.05, 3.63) is 35.0 Å². The predicted octanol–water partition coefficient (Wildman–Crippen LogP) is 3.57. The van der Waals surface area contributed by atoms with Crippen LogP contribution in [-0.2, 0) is 11.4 Å². The highest BCUT2D eigenvalue weighted by Crippen LogP contribution is 2.38. The Morgan fingerprint density at radius 1 is 1.41 bits per heavy atom. The van der Waals surface area contributed by atoms with E-state index in [1.807, 2.05) is 5.06 Å². The second kappa shape index (κ2) is 5.61. The third-order valence-corrected chi connectivity index (χ3v) is 5.46. The molecule has 1 aliphatic heterocycles. The number of aromatic nitrogens is 1. The van der Waals surface area contributed by atoms with Gasteiger partial charge in [0.05, 0.1) is 17.5 Å². The number of halogens is 1. The van der Waals surface area contributed by atoms with Crippen molar-refractivity contribution in [2.24, 2.45) is 5.92 Å². The first kappa shape index (κ1) is 14.1. The lowest BCUT2D eigenvalue weighted by atomic mass is 10.1. The molecule has 2 atom stereocenters. The van der Waals surface area contributed by atoms with E-state index in [4.69, 9.17) is 4.84 Å². The van der Waals surface area contributed by atoms with Crippen LogP contribution in [0.3, 0.4) is 0 Å². The number of benzene rings is 1.